The second-order valence-electron chi connectivity index (χ2n) is 1.46. The van der Waals surface area contributed by atoms with Gasteiger partial charge in [-0.05, 0) is 6.42 Å². The number of nitrogens with two attached hydrogens (primary N) is 1. The molecule has 0 fully saturated rings. The number of aliphatic hydroxyl groups excluding tert-OH is 1. The Kier molecular flexibility index (Phi) is 7.52. The highest BCUT2D eigenvalue weighted by molar-refractivity contribution is 7.59. The van der Waals surface area contributed by atoms with Gasteiger partial charge in [-0.1, -0.05) is 0 Å². The summed E-state index contributed by atoms with van der Waals surface area (Å²) in [5.74, 6) is -1.07. The van der Waals surface area contributed by atoms with Crippen molar-refractivity contribution in [2.45, 2.75) is 12.5 Å². The third-order valence-electron chi connectivity index (χ3n) is 0.757. The highest BCUT2D eigenvalue weighted by Crippen LogP contribution is 1.83. The van der Waals surface area contributed by atoms with Crippen LogP contribution in [0, 0.1) is 0 Å². The lowest BCUT2D eigenvalue weighted by atomic mass is 10.2. The van der Waals surface area contributed by atoms with Crippen LogP contribution in [-0.4, -0.2) is 28.8 Å². The average Bonchev–Trinajstić information content (AvgIpc) is 1.67. The SMILES string of the molecule is NC(CCO)C(=O)O.S. The second-order valence-corrected chi connectivity index (χ2v) is 1.46. The molecule has 0 aliphatic rings. The summed E-state index contributed by atoms with van der Waals surface area (Å²) in [5, 5.41) is 16.2. The number of rotatable bonds is 3. The molecule has 0 aromatic carbocycles. The molecular formula is C4H11NO3S. The maximum absolute atomic E-state index is 9.85. The van der Waals surface area contributed by atoms with Gasteiger partial charge in [-0.15, -0.1) is 0 Å². The first-order valence-corrected chi connectivity index (χ1v) is 2.27. The fraction of sp³-hybridized carbons (Fsp3) is 0.750. The fourth-order valence-electron chi connectivity index (χ4n) is 0.263. The van der Waals surface area contributed by atoms with Crippen LogP contribution in [0.5, 0.6) is 0 Å². The topological polar surface area (TPSA) is 83.5 Å². The third-order valence-corrected chi connectivity index (χ3v) is 0.757. The van der Waals surface area contributed by atoms with Gasteiger partial charge in [-0.3, -0.25) is 4.79 Å². The summed E-state index contributed by atoms with van der Waals surface area (Å²) in [7, 11) is 0. The van der Waals surface area contributed by atoms with Gasteiger partial charge >= 0.3 is 5.97 Å². The van der Waals surface area contributed by atoms with Crippen molar-refractivity contribution < 1.29 is 15.0 Å². The first kappa shape index (κ1) is 11.5. The fourth-order valence-corrected chi connectivity index (χ4v) is 0.263. The van der Waals surface area contributed by atoms with Crippen LogP contribution in [0.25, 0.3) is 0 Å². The summed E-state index contributed by atoms with van der Waals surface area (Å²) < 4.78 is 0. The molecule has 4 N–H and O–H groups in total. The number of carboxylic acids is 1. The summed E-state index contributed by atoms with van der Waals surface area (Å²) in [6.07, 6.45) is 0.120. The summed E-state index contributed by atoms with van der Waals surface area (Å²) in [6, 6.07) is -0.917. The van der Waals surface area contributed by atoms with E-state index in [1.54, 1.807) is 0 Å². The van der Waals surface area contributed by atoms with Crippen molar-refractivity contribution >= 4 is 19.5 Å². The zero-order chi connectivity index (χ0) is 6.57. The zero-order valence-corrected chi connectivity index (χ0v) is 5.87. The van der Waals surface area contributed by atoms with Crippen LogP contribution in [0.4, 0.5) is 0 Å². The van der Waals surface area contributed by atoms with Gasteiger partial charge in [-0.25, -0.2) is 0 Å². The molecule has 0 heterocycles. The molecule has 0 saturated heterocycles. The van der Waals surface area contributed by atoms with Crippen molar-refractivity contribution in [1.29, 1.82) is 0 Å². The first-order chi connectivity index (χ1) is 3.68. The van der Waals surface area contributed by atoms with Crippen molar-refractivity contribution in [3.05, 3.63) is 0 Å². The lowest BCUT2D eigenvalue weighted by Gasteiger charge is -2.00. The molecule has 0 spiro atoms. The van der Waals surface area contributed by atoms with E-state index in [4.69, 9.17) is 15.9 Å². The number of aliphatic hydroxyl groups is 1. The van der Waals surface area contributed by atoms with Crippen LogP contribution in [-0.2, 0) is 4.79 Å². The highest BCUT2D eigenvalue weighted by Gasteiger charge is 2.08. The van der Waals surface area contributed by atoms with E-state index >= 15 is 0 Å². The predicted molar refractivity (Wildman–Crippen MR) is 37.7 cm³/mol. The standard InChI is InChI=1S/C4H9NO3.H2S/c5-3(1-2-6)4(7)8;/h3,6H,1-2,5H2,(H,7,8);1H2. The molecule has 0 saturated carbocycles. The van der Waals surface area contributed by atoms with Gasteiger partial charge in [0.15, 0.2) is 0 Å². The van der Waals surface area contributed by atoms with Crippen LogP contribution in [0.3, 0.4) is 0 Å². The average molecular weight is 153 g/mol. The second kappa shape index (κ2) is 5.87. The molecule has 0 rings (SSSR count). The molecule has 0 aliphatic carbocycles. The Morgan fingerprint density at radius 1 is 1.67 bits per heavy atom. The zero-order valence-electron chi connectivity index (χ0n) is 4.87. The Bertz CT molecular complexity index is 87.9. The number of hydrogen-bond acceptors (Lipinski definition) is 3. The molecule has 0 aromatic rings. The normalized spacial score (nSPS) is 11.8. The molecule has 0 aromatic heterocycles. The molecule has 0 amide bonds. The minimum absolute atomic E-state index is 0. The van der Waals surface area contributed by atoms with E-state index in [1.165, 1.54) is 0 Å². The number of hydrogen-bond donors (Lipinski definition) is 3. The summed E-state index contributed by atoms with van der Waals surface area (Å²) >= 11 is 0. The number of aliphatic carboxylic acids is 1. The van der Waals surface area contributed by atoms with Gasteiger partial charge in [0.2, 0.25) is 0 Å². The predicted octanol–water partition coefficient (Wildman–Crippen LogP) is -1.11. The summed E-state index contributed by atoms with van der Waals surface area (Å²) in [4.78, 5) is 9.85. The third kappa shape index (κ3) is 5.61. The van der Waals surface area contributed by atoms with Gasteiger partial charge in [0.25, 0.3) is 0 Å². The minimum Gasteiger partial charge on any atom is -0.480 e. The van der Waals surface area contributed by atoms with Crippen LogP contribution < -0.4 is 5.73 Å². The molecule has 1 atom stereocenters. The van der Waals surface area contributed by atoms with Crippen molar-refractivity contribution in [1.82, 2.24) is 0 Å². The minimum atomic E-state index is -1.07. The van der Waals surface area contributed by atoms with E-state index in [9.17, 15) is 4.79 Å². The van der Waals surface area contributed by atoms with Gasteiger partial charge in [-0.2, -0.15) is 13.5 Å². The van der Waals surface area contributed by atoms with Crippen molar-refractivity contribution in [3.63, 3.8) is 0 Å². The molecule has 1 unspecified atom stereocenters. The molecule has 4 nitrogen and oxygen atoms in total. The molecule has 56 valence electrons. The Labute approximate surface area is 60.1 Å². The van der Waals surface area contributed by atoms with Gasteiger partial charge in [0.05, 0.1) is 0 Å². The monoisotopic (exact) mass is 153 g/mol. The molecule has 0 radical (unpaired) electrons. The van der Waals surface area contributed by atoms with E-state index in [0.29, 0.717) is 0 Å². The Balaban J connectivity index is 0. The van der Waals surface area contributed by atoms with E-state index in [1.807, 2.05) is 0 Å². The summed E-state index contributed by atoms with van der Waals surface area (Å²) in [5.41, 5.74) is 4.97. The van der Waals surface area contributed by atoms with Crippen molar-refractivity contribution in [2.24, 2.45) is 5.73 Å². The summed E-state index contributed by atoms with van der Waals surface area (Å²) in [6.45, 7) is -0.173. The number of carbonyl (C=O) groups is 1. The van der Waals surface area contributed by atoms with Gasteiger partial charge in [0.1, 0.15) is 6.04 Å². The molecule has 0 bridgehead atoms. The first-order valence-electron chi connectivity index (χ1n) is 2.27. The smallest absolute Gasteiger partial charge is 0.320 e. The van der Waals surface area contributed by atoms with E-state index < -0.39 is 12.0 Å². The molecule has 5 heteroatoms. The van der Waals surface area contributed by atoms with Gasteiger partial charge in [0, 0.05) is 6.61 Å². The van der Waals surface area contributed by atoms with Crippen LogP contribution in [0.15, 0.2) is 0 Å². The molecule has 0 aliphatic heterocycles. The van der Waals surface area contributed by atoms with E-state index in [0.717, 1.165) is 0 Å². The Morgan fingerprint density at radius 3 is 2.22 bits per heavy atom. The number of carboxylic acid groups (broad SMARTS) is 1. The highest BCUT2D eigenvalue weighted by atomic mass is 32.1. The Hall–Kier alpha value is -0.260. The Morgan fingerprint density at radius 2 is 2.11 bits per heavy atom. The van der Waals surface area contributed by atoms with Crippen LogP contribution in [0.2, 0.25) is 0 Å². The molecular weight excluding hydrogens is 142 g/mol. The largest absolute Gasteiger partial charge is 0.480 e. The van der Waals surface area contributed by atoms with Crippen molar-refractivity contribution in [2.75, 3.05) is 6.61 Å². The van der Waals surface area contributed by atoms with Crippen LogP contribution in [0.1, 0.15) is 6.42 Å². The lowest BCUT2D eigenvalue weighted by Crippen LogP contribution is -2.30. The van der Waals surface area contributed by atoms with Crippen LogP contribution >= 0.6 is 13.5 Å². The lowest BCUT2D eigenvalue weighted by molar-refractivity contribution is -0.138. The maximum Gasteiger partial charge on any atom is 0.320 e. The van der Waals surface area contributed by atoms with Gasteiger partial charge < -0.3 is 15.9 Å². The van der Waals surface area contributed by atoms with Crippen molar-refractivity contribution in [3.8, 4) is 0 Å². The van der Waals surface area contributed by atoms with E-state index in [-0.39, 0.29) is 26.5 Å². The maximum atomic E-state index is 9.85. The van der Waals surface area contributed by atoms with E-state index in [2.05, 4.69) is 0 Å². The quantitative estimate of drug-likeness (QED) is 0.480. The molecule has 9 heavy (non-hydrogen) atoms.